The zero-order valence-electron chi connectivity index (χ0n) is 14.3. The molecule has 0 atom stereocenters. The van der Waals surface area contributed by atoms with E-state index in [0.29, 0.717) is 11.4 Å². The maximum Gasteiger partial charge on any atom is 0.396 e. The normalized spacial score (nSPS) is 13.5. The number of carbonyl (C=O) groups excluding carboxylic acids is 2. The van der Waals surface area contributed by atoms with Gasteiger partial charge in [-0.1, -0.05) is 0 Å². The first-order valence-electron chi connectivity index (χ1n) is 8.41. The van der Waals surface area contributed by atoms with Crippen LogP contribution in [0.5, 0.6) is 0 Å². The number of ether oxygens (including phenoxy) is 1. The van der Waals surface area contributed by atoms with Gasteiger partial charge in [0.1, 0.15) is 5.82 Å². The van der Waals surface area contributed by atoms with Crippen LogP contribution >= 0.6 is 0 Å². The fourth-order valence-electron chi connectivity index (χ4n) is 2.57. The van der Waals surface area contributed by atoms with Gasteiger partial charge >= 0.3 is 17.6 Å². The summed E-state index contributed by atoms with van der Waals surface area (Å²) < 4.78 is 20.6. The van der Waals surface area contributed by atoms with E-state index in [4.69, 9.17) is 0 Å². The van der Waals surface area contributed by atoms with Crippen molar-refractivity contribution in [2.24, 2.45) is 0 Å². The summed E-state index contributed by atoms with van der Waals surface area (Å²) in [4.78, 5) is 35.4. The number of halogens is 1. The molecule has 26 heavy (non-hydrogen) atoms. The molecule has 0 spiro atoms. The maximum atomic E-state index is 13.1. The van der Waals surface area contributed by atoms with E-state index in [2.05, 4.69) is 15.2 Å². The Balaban J connectivity index is 1.75. The summed E-state index contributed by atoms with van der Waals surface area (Å²) in [5.41, 5.74) is 0.349. The van der Waals surface area contributed by atoms with Crippen LogP contribution in [0.3, 0.4) is 0 Å². The number of hydrogen-bond donors (Lipinski definition) is 1. The zero-order valence-corrected chi connectivity index (χ0v) is 14.3. The number of hydrogen-bond acceptors (Lipinski definition) is 5. The van der Waals surface area contributed by atoms with E-state index in [1.54, 1.807) is 23.6 Å². The van der Waals surface area contributed by atoms with Crippen molar-refractivity contribution >= 4 is 11.9 Å². The lowest BCUT2D eigenvalue weighted by Crippen LogP contribution is -2.36. The molecular formula is C17H19FN4O4. The highest BCUT2D eigenvalue weighted by Gasteiger charge is 2.30. The first kappa shape index (κ1) is 17.8. The third kappa shape index (κ3) is 3.81. The minimum Gasteiger partial charge on any atom is -0.459 e. The fraction of sp³-hybridized carbons (Fsp3) is 0.412. The molecular weight excluding hydrogens is 343 g/mol. The second kappa shape index (κ2) is 7.51. The fourth-order valence-corrected chi connectivity index (χ4v) is 2.57. The summed E-state index contributed by atoms with van der Waals surface area (Å²) in [7, 11) is 0. The minimum atomic E-state index is -0.963. The Hall–Kier alpha value is -2.97. The Kier molecular flexibility index (Phi) is 5.15. The molecule has 9 heteroatoms. The molecule has 0 bridgehead atoms. The molecule has 1 N–H and O–H groups in total. The maximum absolute atomic E-state index is 13.1. The summed E-state index contributed by atoms with van der Waals surface area (Å²) in [5.74, 6) is -1.72. The molecule has 1 aliphatic rings. The van der Waals surface area contributed by atoms with Crippen LogP contribution < -0.4 is 11.0 Å². The Morgan fingerprint density at radius 2 is 2.00 bits per heavy atom. The zero-order chi connectivity index (χ0) is 18.7. The average molecular weight is 362 g/mol. The molecule has 0 unspecified atom stereocenters. The molecule has 8 nitrogen and oxygen atoms in total. The van der Waals surface area contributed by atoms with Crippen LogP contribution in [-0.2, 0) is 20.9 Å². The van der Waals surface area contributed by atoms with Crippen LogP contribution in [0.2, 0.25) is 0 Å². The Morgan fingerprint density at radius 1 is 1.31 bits per heavy atom. The van der Waals surface area contributed by atoms with Crippen molar-refractivity contribution in [1.82, 2.24) is 19.7 Å². The number of amides is 1. The van der Waals surface area contributed by atoms with Gasteiger partial charge in [-0.15, -0.1) is 5.10 Å². The van der Waals surface area contributed by atoms with E-state index in [-0.39, 0.29) is 37.2 Å². The molecule has 1 aliphatic carbocycles. The highest BCUT2D eigenvalue weighted by Crippen LogP contribution is 2.36. The molecule has 1 amide bonds. The van der Waals surface area contributed by atoms with Crippen molar-refractivity contribution in [1.29, 1.82) is 0 Å². The number of benzene rings is 1. The largest absolute Gasteiger partial charge is 0.459 e. The predicted octanol–water partition coefficient (Wildman–Crippen LogP) is 0.865. The SMILES string of the molecule is CCOC(=O)C(=O)NCCn1nc(-c2ccc(F)cc2)n(C2CC2)c1=O. The summed E-state index contributed by atoms with van der Waals surface area (Å²) >= 11 is 0. The van der Waals surface area contributed by atoms with Crippen LogP contribution in [0.15, 0.2) is 29.1 Å². The lowest BCUT2D eigenvalue weighted by Gasteiger charge is -2.03. The summed E-state index contributed by atoms with van der Waals surface area (Å²) in [6.45, 7) is 1.88. The third-order valence-electron chi connectivity index (χ3n) is 3.95. The molecule has 1 aromatic heterocycles. The van der Waals surface area contributed by atoms with Gasteiger partial charge in [0.15, 0.2) is 5.82 Å². The molecule has 1 aromatic carbocycles. The van der Waals surface area contributed by atoms with Crippen molar-refractivity contribution < 1.29 is 18.7 Å². The van der Waals surface area contributed by atoms with Crippen molar-refractivity contribution in [2.45, 2.75) is 32.4 Å². The van der Waals surface area contributed by atoms with Crippen LogP contribution in [0.4, 0.5) is 4.39 Å². The molecule has 1 fully saturated rings. The van der Waals surface area contributed by atoms with Gasteiger partial charge in [0, 0.05) is 18.2 Å². The van der Waals surface area contributed by atoms with E-state index in [1.165, 1.54) is 16.8 Å². The quantitative estimate of drug-likeness (QED) is 0.608. The molecule has 3 rings (SSSR count). The van der Waals surface area contributed by atoms with Crippen molar-refractivity contribution in [3.8, 4) is 11.4 Å². The van der Waals surface area contributed by atoms with Gasteiger partial charge in [0.25, 0.3) is 0 Å². The second-order valence-corrected chi connectivity index (χ2v) is 5.91. The number of aromatic nitrogens is 3. The van der Waals surface area contributed by atoms with E-state index < -0.39 is 11.9 Å². The molecule has 138 valence electrons. The lowest BCUT2D eigenvalue weighted by atomic mass is 10.2. The Morgan fingerprint density at radius 3 is 2.62 bits per heavy atom. The Bertz CT molecular complexity index is 868. The van der Waals surface area contributed by atoms with Gasteiger partial charge in [-0.05, 0) is 44.0 Å². The van der Waals surface area contributed by atoms with Gasteiger partial charge in [-0.25, -0.2) is 18.7 Å². The molecule has 0 saturated heterocycles. The monoisotopic (exact) mass is 362 g/mol. The first-order chi connectivity index (χ1) is 12.5. The molecule has 1 heterocycles. The first-order valence-corrected chi connectivity index (χ1v) is 8.41. The van der Waals surface area contributed by atoms with E-state index >= 15 is 0 Å². The van der Waals surface area contributed by atoms with Gasteiger partial charge in [0.2, 0.25) is 0 Å². The van der Waals surface area contributed by atoms with E-state index in [0.717, 1.165) is 12.8 Å². The predicted molar refractivity (Wildman–Crippen MR) is 89.8 cm³/mol. The topological polar surface area (TPSA) is 95.2 Å². The van der Waals surface area contributed by atoms with Gasteiger partial charge in [-0.3, -0.25) is 9.36 Å². The molecule has 2 aromatic rings. The minimum absolute atomic E-state index is 0.0576. The van der Waals surface area contributed by atoms with Crippen molar-refractivity contribution in [2.75, 3.05) is 13.2 Å². The number of nitrogens with one attached hydrogen (secondary N) is 1. The van der Waals surface area contributed by atoms with E-state index in [9.17, 15) is 18.8 Å². The third-order valence-corrected chi connectivity index (χ3v) is 3.95. The van der Waals surface area contributed by atoms with Gasteiger partial charge < -0.3 is 10.1 Å². The molecule has 0 aliphatic heterocycles. The summed E-state index contributed by atoms with van der Waals surface area (Å²) in [5, 5.41) is 6.72. The van der Waals surface area contributed by atoms with Crippen LogP contribution in [0.1, 0.15) is 25.8 Å². The molecule has 0 radical (unpaired) electrons. The van der Waals surface area contributed by atoms with Crippen molar-refractivity contribution in [3.05, 3.63) is 40.6 Å². The highest BCUT2D eigenvalue weighted by atomic mass is 19.1. The van der Waals surface area contributed by atoms with Crippen LogP contribution in [0, 0.1) is 5.82 Å². The van der Waals surface area contributed by atoms with E-state index in [1.807, 2.05) is 0 Å². The lowest BCUT2D eigenvalue weighted by molar-refractivity contribution is -0.154. The Labute approximate surface area is 148 Å². The average Bonchev–Trinajstić information content (AvgIpc) is 3.40. The number of nitrogens with zero attached hydrogens (tertiary/aromatic N) is 3. The molecule has 1 saturated carbocycles. The van der Waals surface area contributed by atoms with Crippen LogP contribution in [0.25, 0.3) is 11.4 Å². The smallest absolute Gasteiger partial charge is 0.396 e. The van der Waals surface area contributed by atoms with Gasteiger partial charge in [-0.2, -0.15) is 0 Å². The summed E-state index contributed by atoms with van der Waals surface area (Å²) in [6, 6.07) is 5.86. The van der Waals surface area contributed by atoms with Crippen LogP contribution in [-0.4, -0.2) is 39.4 Å². The standard InChI is InChI=1S/C17H19FN4O4/c1-2-26-16(24)15(23)19-9-10-21-17(25)22(13-7-8-13)14(20-21)11-3-5-12(18)6-4-11/h3-6,13H,2,7-10H2,1H3,(H,19,23). The number of carbonyl (C=O) groups is 2. The number of rotatable bonds is 6. The van der Waals surface area contributed by atoms with Gasteiger partial charge in [0.05, 0.1) is 13.2 Å². The highest BCUT2D eigenvalue weighted by molar-refractivity contribution is 6.32. The second-order valence-electron chi connectivity index (χ2n) is 5.91. The number of esters is 1. The van der Waals surface area contributed by atoms with Crippen molar-refractivity contribution in [3.63, 3.8) is 0 Å². The summed E-state index contributed by atoms with van der Waals surface area (Å²) in [6.07, 6.45) is 1.78.